The predicted molar refractivity (Wildman–Crippen MR) is 281 cm³/mol. The molecule has 0 saturated heterocycles. The van der Waals surface area contributed by atoms with Gasteiger partial charge in [0.15, 0.2) is 17.5 Å². The number of sulfonamides is 1. The second-order valence-electron chi connectivity index (χ2n) is 15.8. The highest BCUT2D eigenvalue weighted by atomic mass is 35.5. The van der Waals surface area contributed by atoms with Gasteiger partial charge in [-0.25, -0.2) is 56.9 Å². The molecule has 0 radical (unpaired) electrons. The fourth-order valence-electron chi connectivity index (χ4n) is 6.15. The van der Waals surface area contributed by atoms with Gasteiger partial charge in [-0.1, -0.05) is 47.0 Å². The molecule has 0 atom stereocenters. The number of hydrogen-bond donors (Lipinski definition) is 9. The van der Waals surface area contributed by atoms with E-state index in [1.807, 2.05) is 38.1 Å². The minimum atomic E-state index is -4.68. The molecule has 0 saturated carbocycles. The first kappa shape index (κ1) is 59.0. The molecule has 0 aliphatic carbocycles. The van der Waals surface area contributed by atoms with E-state index in [-0.39, 0.29) is 55.7 Å². The van der Waals surface area contributed by atoms with Crippen molar-refractivity contribution >= 4 is 119 Å². The van der Waals surface area contributed by atoms with Crippen LogP contribution in [-0.2, 0) is 25.4 Å². The van der Waals surface area contributed by atoms with Gasteiger partial charge >= 0.3 is 24.3 Å². The molecule has 31 heteroatoms. The lowest BCUT2D eigenvalue weighted by Crippen LogP contribution is -2.42. The Bertz CT molecular complexity index is 3410. The first-order valence-corrected chi connectivity index (χ1v) is 24.9. The first-order valence-electron chi connectivity index (χ1n) is 22.0. The Morgan fingerprint density at radius 3 is 2.01 bits per heavy atom. The number of rotatable bonds is 14. The van der Waals surface area contributed by atoms with Gasteiger partial charge in [0.05, 0.1) is 51.4 Å². The molecule has 7 rings (SSSR count). The summed E-state index contributed by atoms with van der Waals surface area (Å²) in [4.78, 5) is 64.3. The number of carbonyl (C=O) groups excluding carboxylic acids is 3. The zero-order chi connectivity index (χ0) is 55.9. The number of aryl methyl sites for hydroxylation is 2. The van der Waals surface area contributed by atoms with Crippen molar-refractivity contribution in [3.05, 3.63) is 106 Å². The summed E-state index contributed by atoms with van der Waals surface area (Å²) in [5.41, 5.74) is 17.3. The van der Waals surface area contributed by atoms with Crippen molar-refractivity contribution in [3.63, 3.8) is 0 Å². The van der Waals surface area contributed by atoms with Crippen LogP contribution in [0.25, 0.3) is 32.7 Å². The summed E-state index contributed by atoms with van der Waals surface area (Å²) >= 11 is 13.3. The number of hydrazine groups is 3. The summed E-state index contributed by atoms with van der Waals surface area (Å²) in [5, 5.41) is 18.3. The van der Waals surface area contributed by atoms with Crippen molar-refractivity contribution in [2.24, 2.45) is 0 Å². The maximum atomic E-state index is 12.8. The molecule has 0 fully saturated rings. The zero-order valence-electron chi connectivity index (χ0n) is 41.4. The van der Waals surface area contributed by atoms with Gasteiger partial charge in [0.25, 0.3) is 0 Å². The van der Waals surface area contributed by atoms with Crippen LogP contribution in [0.4, 0.5) is 50.7 Å². The lowest BCUT2D eigenvalue weighted by atomic mass is 10.1. The predicted octanol–water partition coefficient (Wildman–Crippen LogP) is 8.37. The molecular formula is C45H48Cl2F3N17O7S2. The number of amides is 6. The average Bonchev–Trinajstić information content (AvgIpc) is 3.36. The smallest absolute Gasteiger partial charge is 0.337 e. The Hall–Kier alpha value is -7.85. The Labute approximate surface area is 446 Å². The zero-order valence-corrected chi connectivity index (χ0v) is 44.5. The molecule has 402 valence electrons. The van der Waals surface area contributed by atoms with Crippen LogP contribution in [-0.4, -0.2) is 94.5 Å². The van der Waals surface area contributed by atoms with Gasteiger partial charge in [-0.15, -0.1) is 0 Å². The average molecular weight is 1130 g/mol. The minimum absolute atomic E-state index is 0.0285. The van der Waals surface area contributed by atoms with Crippen LogP contribution < -0.4 is 48.5 Å². The van der Waals surface area contributed by atoms with Gasteiger partial charge in [-0.3, -0.25) is 32.6 Å². The molecule has 3 heterocycles. The summed E-state index contributed by atoms with van der Waals surface area (Å²) in [7, 11) is 0.343. The van der Waals surface area contributed by atoms with E-state index in [1.54, 1.807) is 57.2 Å². The van der Waals surface area contributed by atoms with Crippen molar-refractivity contribution in [1.29, 1.82) is 5.26 Å². The number of halogens is 5. The van der Waals surface area contributed by atoms with Crippen LogP contribution >= 0.6 is 35.2 Å². The van der Waals surface area contributed by atoms with Gasteiger partial charge in [0, 0.05) is 47.7 Å². The summed E-state index contributed by atoms with van der Waals surface area (Å²) in [6.07, 6.45) is -4.68. The normalized spacial score (nSPS) is 11.1. The fraction of sp³-hybridized carbons (Fsp3) is 0.244. The topological polar surface area (TPSA) is 316 Å². The van der Waals surface area contributed by atoms with Gasteiger partial charge in [-0.2, -0.15) is 27.8 Å². The van der Waals surface area contributed by atoms with Crippen molar-refractivity contribution in [3.8, 4) is 6.07 Å². The number of para-hydroxylation sites is 1. The SMILES string of the molecule is CCNC(=O)NNc1nc(C(F)(F)F)nc2ccc(C)cc12.CN(C)S(=O)(=O)c1cc(Cl)c(NC(=O)NNc2nc(C#N)nc3ccccc23)cc1Cl.COOSc1ccc2nc(C)nc(NNC(=O)NC(C)C)c2c1. The van der Waals surface area contributed by atoms with Crippen LogP contribution in [0.2, 0.25) is 10.0 Å². The van der Waals surface area contributed by atoms with Gasteiger partial charge in [0.2, 0.25) is 21.7 Å². The first-order chi connectivity index (χ1) is 35.9. The number of benzene rings is 4. The van der Waals surface area contributed by atoms with Crippen LogP contribution in [0.3, 0.4) is 0 Å². The number of anilines is 4. The number of carbonyl (C=O) groups is 3. The van der Waals surface area contributed by atoms with E-state index in [1.165, 1.54) is 33.3 Å². The van der Waals surface area contributed by atoms with Gasteiger partial charge in [0.1, 0.15) is 16.8 Å². The van der Waals surface area contributed by atoms with Crippen LogP contribution in [0.5, 0.6) is 0 Å². The summed E-state index contributed by atoms with van der Waals surface area (Å²) in [6.45, 7) is 9.43. The molecular weight excluding hydrogens is 1080 g/mol. The van der Waals surface area contributed by atoms with Crippen LogP contribution in [0.15, 0.2) is 82.6 Å². The third-order valence-corrected chi connectivity index (χ3v) is 12.7. The molecule has 9 N–H and O–H groups in total. The number of urea groups is 3. The third kappa shape index (κ3) is 16.3. The van der Waals surface area contributed by atoms with Gasteiger partial charge < -0.3 is 16.0 Å². The molecule has 76 heavy (non-hydrogen) atoms. The molecule has 0 aliphatic heterocycles. The highest BCUT2D eigenvalue weighted by Crippen LogP contribution is 2.34. The minimum Gasteiger partial charge on any atom is -0.337 e. The molecule has 4 aromatic carbocycles. The number of nitriles is 1. The number of nitrogens with zero attached hydrogens (tertiary/aromatic N) is 8. The highest BCUT2D eigenvalue weighted by molar-refractivity contribution is 7.94. The molecule has 3 aromatic heterocycles. The lowest BCUT2D eigenvalue weighted by molar-refractivity contribution is -0.160. The van der Waals surface area contributed by atoms with Crippen LogP contribution in [0.1, 0.15) is 43.8 Å². The second-order valence-corrected chi connectivity index (χ2v) is 19.5. The van der Waals surface area contributed by atoms with Crippen molar-refractivity contribution < 1.29 is 45.2 Å². The maximum absolute atomic E-state index is 12.8. The molecule has 24 nitrogen and oxygen atoms in total. The van der Waals surface area contributed by atoms with Gasteiger partial charge in [-0.05, 0) is 89.2 Å². The molecule has 0 bridgehead atoms. The monoisotopic (exact) mass is 1130 g/mol. The van der Waals surface area contributed by atoms with E-state index in [9.17, 15) is 36.0 Å². The van der Waals surface area contributed by atoms with Crippen molar-refractivity contribution in [1.82, 2.24) is 61.1 Å². The standard InChI is InChI=1S/C18H15Cl2N7O3S.C14H19N5O3S.C13H14F3N5O/c1-27(2)31(29,30)15-8-11(19)14(7-12(15)20)23-18(28)26-25-17-10-5-3-4-6-13(10)22-16(9-21)24-17;1-8(2)15-14(20)19-18-13-11-7-10(23-22-21-4)5-6-12(11)16-9(3)17-13;1-3-17-12(22)21-20-10-8-6-7(2)4-5-9(8)18-11(19-10)13(14,15)16/h3-8H,1-2H3,(H,22,24,25)(H2,23,26,28);5-8H,1-4H3,(H2,15,19,20)(H,16,17,18);4-6H,3H2,1-2H3,(H2,17,21,22)(H,18,19,20). The number of fused-ring (bicyclic) bond motifs is 3. The van der Waals surface area contributed by atoms with E-state index in [2.05, 4.69) is 83.3 Å². The molecule has 0 spiro atoms. The number of nitrogens with one attached hydrogen (secondary N) is 9. The Balaban J connectivity index is 0.000000215. The largest absolute Gasteiger partial charge is 0.451 e. The summed E-state index contributed by atoms with van der Waals surface area (Å²) < 4.78 is 69.0. The Morgan fingerprint density at radius 1 is 0.763 bits per heavy atom. The molecule has 0 aliphatic rings. The number of hydrogen-bond acceptors (Lipinski definition) is 18. The lowest BCUT2D eigenvalue weighted by Gasteiger charge is -2.15. The third-order valence-electron chi connectivity index (χ3n) is 9.45. The van der Waals surface area contributed by atoms with E-state index < -0.39 is 34.1 Å². The van der Waals surface area contributed by atoms with Crippen molar-refractivity contribution in [2.45, 2.75) is 56.6 Å². The Morgan fingerprint density at radius 2 is 1.37 bits per heavy atom. The second kappa shape index (κ2) is 26.6. The fourth-order valence-corrected chi connectivity index (χ4v) is 8.29. The summed E-state index contributed by atoms with van der Waals surface area (Å²) in [5.74, 6) is -0.146. The Kier molecular flexibility index (Phi) is 20.6. The quantitative estimate of drug-likeness (QED) is 0.0280. The van der Waals surface area contributed by atoms with Crippen molar-refractivity contribution in [2.75, 3.05) is 49.3 Å². The number of aromatic nitrogens is 6. The van der Waals surface area contributed by atoms with E-state index in [4.69, 9.17) is 32.8 Å². The highest BCUT2D eigenvalue weighted by Gasteiger charge is 2.35. The van der Waals surface area contributed by atoms with Crippen LogP contribution in [0, 0.1) is 25.2 Å². The van der Waals surface area contributed by atoms with E-state index in [0.29, 0.717) is 34.5 Å². The maximum Gasteiger partial charge on any atom is 0.451 e. The van der Waals surface area contributed by atoms with E-state index in [0.717, 1.165) is 43.8 Å². The summed E-state index contributed by atoms with van der Waals surface area (Å²) in [6, 6.07) is 19.9. The number of alkyl halides is 3. The molecule has 7 aromatic rings. The van der Waals surface area contributed by atoms with E-state index >= 15 is 0 Å². The molecule has 6 amide bonds. The molecule has 0 unspecified atom stereocenters.